The van der Waals surface area contributed by atoms with Gasteiger partial charge in [-0.05, 0) is 23.8 Å². The van der Waals surface area contributed by atoms with Crippen molar-refractivity contribution in [3.05, 3.63) is 66.9 Å². The Morgan fingerprint density at radius 3 is 2.92 bits per heavy atom. The zero-order chi connectivity index (χ0) is 17.5. The van der Waals surface area contributed by atoms with Gasteiger partial charge in [-0.3, -0.25) is 14.8 Å². The van der Waals surface area contributed by atoms with E-state index in [4.69, 9.17) is 4.74 Å². The fourth-order valence-corrected chi connectivity index (χ4v) is 2.23. The summed E-state index contributed by atoms with van der Waals surface area (Å²) in [6.45, 7) is 0.574. The van der Waals surface area contributed by atoms with Crippen LogP contribution < -0.4 is 10.1 Å². The number of nitrogens with zero attached hydrogens (tertiary/aromatic N) is 4. The lowest BCUT2D eigenvalue weighted by atomic mass is 10.2. The van der Waals surface area contributed by atoms with Crippen LogP contribution >= 0.6 is 0 Å². The Balaban J connectivity index is 1.62. The van der Waals surface area contributed by atoms with E-state index in [1.54, 1.807) is 12.3 Å². The van der Waals surface area contributed by atoms with E-state index in [0.717, 1.165) is 5.56 Å². The number of benzene rings is 1. The maximum Gasteiger partial charge on any atom is 0.322 e. The molecule has 0 saturated carbocycles. The molecule has 0 aliphatic carbocycles. The van der Waals surface area contributed by atoms with E-state index in [9.17, 15) is 9.90 Å². The lowest BCUT2D eigenvalue weighted by Gasteiger charge is -2.14. The highest BCUT2D eigenvalue weighted by Crippen LogP contribution is 2.20. The van der Waals surface area contributed by atoms with Gasteiger partial charge in [0.15, 0.2) is 0 Å². The molecule has 1 atom stereocenters. The van der Waals surface area contributed by atoms with E-state index in [0.29, 0.717) is 18.2 Å². The molecule has 0 spiro atoms. The molecule has 0 aliphatic rings. The molecule has 0 saturated heterocycles. The zero-order valence-corrected chi connectivity index (χ0v) is 13.3. The molecule has 2 aromatic heterocycles. The maximum absolute atomic E-state index is 11.4. The second-order valence-electron chi connectivity index (χ2n) is 5.31. The molecule has 1 aromatic carbocycles. The van der Waals surface area contributed by atoms with Crippen LogP contribution in [0.2, 0.25) is 0 Å². The van der Waals surface area contributed by atoms with Gasteiger partial charge in [0.25, 0.3) is 0 Å². The molecule has 0 bridgehead atoms. The summed E-state index contributed by atoms with van der Waals surface area (Å²) in [5.41, 5.74) is 0.901. The van der Waals surface area contributed by atoms with Gasteiger partial charge in [0.1, 0.15) is 24.4 Å². The van der Waals surface area contributed by atoms with Gasteiger partial charge < -0.3 is 9.84 Å². The Labute approximate surface area is 144 Å². The van der Waals surface area contributed by atoms with Crippen LogP contribution in [0.1, 0.15) is 5.56 Å². The van der Waals surface area contributed by atoms with E-state index in [1.165, 1.54) is 17.3 Å². The van der Waals surface area contributed by atoms with Crippen molar-refractivity contribution in [3.8, 4) is 11.6 Å². The first-order chi connectivity index (χ1) is 12.2. The number of pyridine rings is 1. The molecule has 8 nitrogen and oxygen atoms in total. The summed E-state index contributed by atoms with van der Waals surface area (Å²) in [5.74, 6) is 0.194. The number of aliphatic carboxylic acids is 1. The van der Waals surface area contributed by atoms with Gasteiger partial charge in [0.2, 0.25) is 5.88 Å². The second-order valence-corrected chi connectivity index (χ2v) is 5.31. The van der Waals surface area contributed by atoms with Crippen LogP contribution in [-0.2, 0) is 17.9 Å². The van der Waals surface area contributed by atoms with Crippen LogP contribution in [0.5, 0.6) is 11.6 Å². The molecule has 0 amide bonds. The van der Waals surface area contributed by atoms with Gasteiger partial charge in [-0.25, -0.2) is 9.97 Å². The molecule has 8 heteroatoms. The number of nitrogens with one attached hydrogen (secondary N) is 1. The monoisotopic (exact) mass is 339 g/mol. The highest BCUT2D eigenvalue weighted by Gasteiger charge is 2.17. The van der Waals surface area contributed by atoms with Crippen molar-refractivity contribution in [2.75, 3.05) is 0 Å². The average molecular weight is 339 g/mol. The number of carbonyl (C=O) groups is 1. The molecule has 1 unspecified atom stereocenters. The smallest absolute Gasteiger partial charge is 0.322 e. The molecule has 0 fully saturated rings. The Morgan fingerprint density at radius 2 is 2.20 bits per heavy atom. The largest absolute Gasteiger partial charge is 0.480 e. The summed E-state index contributed by atoms with van der Waals surface area (Å²) in [4.78, 5) is 19.3. The second kappa shape index (κ2) is 8.02. The lowest BCUT2D eigenvalue weighted by molar-refractivity contribution is -0.140. The summed E-state index contributed by atoms with van der Waals surface area (Å²) in [6, 6.07) is 12.1. The highest BCUT2D eigenvalue weighted by atomic mass is 16.5. The van der Waals surface area contributed by atoms with E-state index in [-0.39, 0.29) is 6.54 Å². The fraction of sp³-hybridized carbons (Fsp3) is 0.176. The van der Waals surface area contributed by atoms with Crippen LogP contribution in [0.15, 0.2) is 61.3 Å². The zero-order valence-electron chi connectivity index (χ0n) is 13.3. The quantitative estimate of drug-likeness (QED) is 0.644. The first kappa shape index (κ1) is 16.6. The minimum absolute atomic E-state index is 0.194. The average Bonchev–Trinajstić information content (AvgIpc) is 3.13. The lowest BCUT2D eigenvalue weighted by Crippen LogP contribution is -2.39. The molecule has 2 heterocycles. The number of hydrogen-bond donors (Lipinski definition) is 2. The van der Waals surface area contributed by atoms with Crippen molar-refractivity contribution in [1.29, 1.82) is 0 Å². The first-order valence-corrected chi connectivity index (χ1v) is 7.67. The van der Waals surface area contributed by atoms with Gasteiger partial charge >= 0.3 is 5.97 Å². The van der Waals surface area contributed by atoms with Crippen molar-refractivity contribution in [2.24, 2.45) is 0 Å². The third kappa shape index (κ3) is 4.85. The number of hydrogen-bond acceptors (Lipinski definition) is 6. The maximum atomic E-state index is 11.4. The molecular weight excluding hydrogens is 322 g/mol. The summed E-state index contributed by atoms with van der Waals surface area (Å²) in [5, 5.41) is 16.3. The van der Waals surface area contributed by atoms with Crippen molar-refractivity contribution in [2.45, 2.75) is 19.1 Å². The molecule has 3 aromatic rings. The van der Waals surface area contributed by atoms with Crippen molar-refractivity contribution in [3.63, 3.8) is 0 Å². The molecule has 2 N–H and O–H groups in total. The SMILES string of the molecule is O=C(O)C(Cn1cncn1)NCc1cccc(Oc2ccccn2)c1. The minimum atomic E-state index is -0.948. The highest BCUT2D eigenvalue weighted by molar-refractivity contribution is 5.73. The summed E-state index contributed by atoms with van der Waals surface area (Å²) in [6.07, 6.45) is 4.51. The van der Waals surface area contributed by atoms with E-state index in [1.807, 2.05) is 36.4 Å². The number of carboxylic acid groups (broad SMARTS) is 1. The van der Waals surface area contributed by atoms with Crippen LogP contribution in [0.25, 0.3) is 0 Å². The molecule has 25 heavy (non-hydrogen) atoms. The van der Waals surface area contributed by atoms with Crippen molar-refractivity contribution >= 4 is 5.97 Å². The third-order valence-electron chi connectivity index (χ3n) is 3.45. The first-order valence-electron chi connectivity index (χ1n) is 7.67. The Hall–Kier alpha value is -3.26. The standard InChI is InChI=1S/C17H17N5O3/c23-17(24)15(10-22-12-18-11-21-22)20-9-13-4-3-5-14(8-13)25-16-6-1-2-7-19-16/h1-8,11-12,15,20H,9-10H2,(H,23,24). The van der Waals surface area contributed by atoms with Crippen LogP contribution in [0.3, 0.4) is 0 Å². The van der Waals surface area contributed by atoms with E-state index < -0.39 is 12.0 Å². The van der Waals surface area contributed by atoms with E-state index >= 15 is 0 Å². The molecular formula is C17H17N5O3. The Morgan fingerprint density at radius 1 is 1.28 bits per heavy atom. The van der Waals surface area contributed by atoms with E-state index in [2.05, 4.69) is 20.4 Å². The van der Waals surface area contributed by atoms with Gasteiger partial charge in [-0.15, -0.1) is 0 Å². The van der Waals surface area contributed by atoms with Gasteiger partial charge in [-0.1, -0.05) is 18.2 Å². The number of rotatable bonds is 8. The third-order valence-corrected chi connectivity index (χ3v) is 3.45. The van der Waals surface area contributed by atoms with Gasteiger partial charge in [-0.2, -0.15) is 5.10 Å². The van der Waals surface area contributed by atoms with Crippen LogP contribution in [-0.4, -0.2) is 36.9 Å². The molecule has 3 rings (SSSR count). The topological polar surface area (TPSA) is 102 Å². The fourth-order valence-electron chi connectivity index (χ4n) is 2.23. The molecule has 128 valence electrons. The summed E-state index contributed by atoms with van der Waals surface area (Å²) in [7, 11) is 0. The van der Waals surface area contributed by atoms with Crippen LogP contribution in [0, 0.1) is 0 Å². The number of aromatic nitrogens is 4. The normalized spacial score (nSPS) is 11.8. The van der Waals surface area contributed by atoms with Crippen molar-refractivity contribution in [1.82, 2.24) is 25.1 Å². The summed E-state index contributed by atoms with van der Waals surface area (Å²) >= 11 is 0. The van der Waals surface area contributed by atoms with Crippen molar-refractivity contribution < 1.29 is 14.6 Å². The predicted molar refractivity (Wildman–Crippen MR) is 89.0 cm³/mol. The Bertz CT molecular complexity index is 808. The number of ether oxygens (including phenoxy) is 1. The van der Waals surface area contributed by atoms with Crippen LogP contribution in [0.4, 0.5) is 0 Å². The minimum Gasteiger partial charge on any atom is -0.480 e. The Kier molecular flexibility index (Phi) is 5.32. The predicted octanol–water partition coefficient (Wildman–Crippen LogP) is 1.71. The van der Waals surface area contributed by atoms with Gasteiger partial charge in [0.05, 0.1) is 6.54 Å². The summed E-state index contributed by atoms with van der Waals surface area (Å²) < 4.78 is 7.16. The molecule has 0 aliphatic heterocycles. The van der Waals surface area contributed by atoms with Gasteiger partial charge in [0, 0.05) is 18.8 Å². The number of carboxylic acids is 1. The molecule has 0 radical (unpaired) electrons.